The van der Waals surface area contributed by atoms with Crippen LogP contribution in [0.2, 0.25) is 0 Å². The Kier molecular flexibility index (Phi) is 9.48. The lowest BCUT2D eigenvalue weighted by atomic mass is 10.1. The number of pyridine rings is 1. The number of benzene rings is 1. The minimum absolute atomic E-state index is 0. The summed E-state index contributed by atoms with van der Waals surface area (Å²) in [6, 6.07) is 8.73. The second-order valence-corrected chi connectivity index (χ2v) is 6.14. The third kappa shape index (κ3) is 5.97. The van der Waals surface area contributed by atoms with Crippen molar-refractivity contribution in [3.63, 3.8) is 0 Å². The molecule has 3 rings (SSSR count). The third-order valence-corrected chi connectivity index (χ3v) is 4.14. The molecule has 0 bridgehead atoms. The molecule has 154 valence electrons. The van der Waals surface area contributed by atoms with Gasteiger partial charge >= 0.3 is 0 Å². The monoisotopic (exact) mass is 429 g/mol. The number of carbonyl (C=O) groups is 1. The molecule has 1 fully saturated rings. The highest BCUT2D eigenvalue weighted by molar-refractivity contribution is 5.95. The third-order valence-electron chi connectivity index (χ3n) is 4.14. The molecule has 0 spiro atoms. The predicted molar refractivity (Wildman–Crippen MR) is 112 cm³/mol. The van der Waals surface area contributed by atoms with Gasteiger partial charge in [-0.1, -0.05) is 6.07 Å². The fourth-order valence-corrected chi connectivity index (χ4v) is 2.73. The SMILES string of the molecule is COc1cc(C)ccc1Oc1ccc(NC(=O)[C@H]2NCCO[C@@H]2C)cn1.Cl.Cl. The summed E-state index contributed by atoms with van der Waals surface area (Å²) in [4.78, 5) is 16.6. The van der Waals surface area contributed by atoms with E-state index in [2.05, 4.69) is 15.6 Å². The molecule has 0 unspecified atom stereocenters. The van der Waals surface area contributed by atoms with Crippen LogP contribution in [0.15, 0.2) is 36.5 Å². The van der Waals surface area contributed by atoms with E-state index in [1.54, 1.807) is 25.4 Å². The molecule has 7 nitrogen and oxygen atoms in total. The van der Waals surface area contributed by atoms with Crippen LogP contribution in [-0.4, -0.2) is 43.3 Å². The van der Waals surface area contributed by atoms with Crippen LogP contribution < -0.4 is 20.1 Å². The summed E-state index contributed by atoms with van der Waals surface area (Å²) in [6.07, 6.45) is 1.38. The Morgan fingerprint density at radius 1 is 1.25 bits per heavy atom. The zero-order valence-electron chi connectivity index (χ0n) is 15.9. The van der Waals surface area contributed by atoms with Gasteiger partial charge in [0.25, 0.3) is 0 Å². The first-order valence-corrected chi connectivity index (χ1v) is 8.51. The maximum Gasteiger partial charge on any atom is 0.244 e. The lowest BCUT2D eigenvalue weighted by molar-refractivity contribution is -0.123. The average molecular weight is 430 g/mol. The van der Waals surface area contributed by atoms with Gasteiger partial charge in [0, 0.05) is 12.6 Å². The lowest BCUT2D eigenvalue weighted by Gasteiger charge is -2.29. The van der Waals surface area contributed by atoms with E-state index in [0.717, 1.165) is 5.56 Å². The number of amides is 1. The molecule has 1 aliphatic rings. The van der Waals surface area contributed by atoms with Gasteiger partial charge in [-0.3, -0.25) is 4.79 Å². The predicted octanol–water partition coefficient (Wildman–Crippen LogP) is 3.35. The summed E-state index contributed by atoms with van der Waals surface area (Å²) in [5.41, 5.74) is 1.67. The number of halogens is 2. The molecule has 0 aliphatic carbocycles. The van der Waals surface area contributed by atoms with Gasteiger partial charge in [-0.25, -0.2) is 4.98 Å². The van der Waals surface area contributed by atoms with Crippen molar-refractivity contribution in [2.45, 2.75) is 26.0 Å². The number of rotatable bonds is 5. The highest BCUT2D eigenvalue weighted by Gasteiger charge is 2.28. The van der Waals surface area contributed by atoms with Gasteiger partial charge in [-0.05, 0) is 37.6 Å². The number of ether oxygens (including phenoxy) is 3. The van der Waals surface area contributed by atoms with Gasteiger partial charge in [0.05, 0.1) is 31.7 Å². The molecule has 2 N–H and O–H groups in total. The lowest BCUT2D eigenvalue weighted by Crippen LogP contribution is -2.53. The number of aryl methyl sites for hydroxylation is 1. The Balaban J connectivity index is 0.00000196. The van der Waals surface area contributed by atoms with E-state index in [0.29, 0.717) is 36.2 Å². The van der Waals surface area contributed by atoms with Crippen LogP contribution >= 0.6 is 24.8 Å². The first-order chi connectivity index (χ1) is 12.6. The maximum atomic E-state index is 12.3. The van der Waals surface area contributed by atoms with E-state index in [1.165, 1.54) is 0 Å². The fourth-order valence-electron chi connectivity index (χ4n) is 2.73. The summed E-state index contributed by atoms with van der Waals surface area (Å²) in [7, 11) is 1.59. The largest absolute Gasteiger partial charge is 0.493 e. The molecule has 2 atom stereocenters. The first kappa shape index (κ1) is 24.0. The van der Waals surface area contributed by atoms with E-state index < -0.39 is 0 Å². The smallest absolute Gasteiger partial charge is 0.244 e. The zero-order chi connectivity index (χ0) is 18.5. The molecule has 1 aromatic heterocycles. The number of anilines is 1. The highest BCUT2D eigenvalue weighted by atomic mass is 35.5. The Hall–Kier alpha value is -2.06. The van der Waals surface area contributed by atoms with Crippen molar-refractivity contribution in [3.8, 4) is 17.4 Å². The Bertz CT molecular complexity index is 774. The number of nitrogens with one attached hydrogen (secondary N) is 2. The van der Waals surface area contributed by atoms with Gasteiger partial charge in [-0.15, -0.1) is 24.8 Å². The molecule has 1 amide bonds. The molecular weight excluding hydrogens is 405 g/mol. The van der Waals surface area contributed by atoms with Gasteiger partial charge in [0.1, 0.15) is 6.04 Å². The molecule has 1 aliphatic heterocycles. The fraction of sp³-hybridized carbons (Fsp3) is 0.368. The molecule has 0 radical (unpaired) electrons. The van der Waals surface area contributed by atoms with Gasteiger partial charge in [0.15, 0.2) is 11.5 Å². The van der Waals surface area contributed by atoms with Crippen LogP contribution in [0.25, 0.3) is 0 Å². The first-order valence-electron chi connectivity index (χ1n) is 8.51. The maximum absolute atomic E-state index is 12.3. The zero-order valence-corrected chi connectivity index (χ0v) is 17.6. The van der Waals surface area contributed by atoms with Crippen LogP contribution in [0.4, 0.5) is 5.69 Å². The number of carbonyl (C=O) groups excluding carboxylic acids is 1. The molecule has 1 saturated heterocycles. The van der Waals surface area contributed by atoms with Crippen molar-refractivity contribution in [2.24, 2.45) is 0 Å². The standard InChI is InChI=1S/C19H23N3O4.2ClH/c1-12-4-6-15(16(10-12)24-3)26-17-7-5-14(11-21-17)22-19(23)18-13(2)25-9-8-20-18;;/h4-7,10-11,13,18,20H,8-9H2,1-3H3,(H,22,23);2*1H/t13-,18+;;/m1../s1. The van der Waals surface area contributed by atoms with Crippen LogP contribution in [0.1, 0.15) is 12.5 Å². The van der Waals surface area contributed by atoms with Gasteiger partial charge in [0.2, 0.25) is 11.8 Å². The van der Waals surface area contributed by atoms with Crippen molar-refractivity contribution in [1.82, 2.24) is 10.3 Å². The second kappa shape index (κ2) is 11.1. The second-order valence-electron chi connectivity index (χ2n) is 6.14. The van der Waals surface area contributed by atoms with Gasteiger partial charge < -0.3 is 24.8 Å². The van der Waals surface area contributed by atoms with E-state index >= 15 is 0 Å². The molecule has 28 heavy (non-hydrogen) atoms. The number of hydrogen-bond acceptors (Lipinski definition) is 6. The van der Waals surface area contributed by atoms with E-state index in [1.807, 2.05) is 32.0 Å². The normalized spacial score (nSPS) is 18.2. The van der Waals surface area contributed by atoms with Crippen molar-refractivity contribution in [1.29, 1.82) is 0 Å². The molecule has 9 heteroatoms. The van der Waals surface area contributed by atoms with Crippen molar-refractivity contribution >= 4 is 36.4 Å². The van der Waals surface area contributed by atoms with Crippen molar-refractivity contribution < 1.29 is 19.0 Å². The minimum Gasteiger partial charge on any atom is -0.493 e. The molecule has 1 aromatic carbocycles. The molecule has 0 saturated carbocycles. The van der Waals surface area contributed by atoms with E-state index in [-0.39, 0.29) is 42.9 Å². The summed E-state index contributed by atoms with van der Waals surface area (Å²) >= 11 is 0. The van der Waals surface area contributed by atoms with Gasteiger partial charge in [-0.2, -0.15) is 0 Å². The topological polar surface area (TPSA) is 81.7 Å². The minimum atomic E-state index is -0.378. The molecule has 2 heterocycles. The molecular formula is C19H25Cl2N3O4. The number of methoxy groups -OCH3 is 1. The summed E-state index contributed by atoms with van der Waals surface area (Å²) in [5.74, 6) is 1.49. The summed E-state index contributed by atoms with van der Waals surface area (Å²) in [6.45, 7) is 5.13. The molecule has 2 aromatic rings. The van der Waals surface area contributed by atoms with Crippen molar-refractivity contribution in [2.75, 3.05) is 25.6 Å². The van der Waals surface area contributed by atoms with E-state index in [4.69, 9.17) is 14.2 Å². The summed E-state index contributed by atoms with van der Waals surface area (Å²) < 4.78 is 16.6. The summed E-state index contributed by atoms with van der Waals surface area (Å²) in [5, 5.41) is 5.99. The van der Waals surface area contributed by atoms with Crippen LogP contribution in [-0.2, 0) is 9.53 Å². The Labute approximate surface area is 177 Å². The van der Waals surface area contributed by atoms with Crippen LogP contribution in [0.3, 0.4) is 0 Å². The van der Waals surface area contributed by atoms with Crippen LogP contribution in [0.5, 0.6) is 17.4 Å². The Morgan fingerprint density at radius 3 is 2.68 bits per heavy atom. The average Bonchev–Trinajstić information content (AvgIpc) is 2.65. The quantitative estimate of drug-likeness (QED) is 0.758. The highest BCUT2D eigenvalue weighted by Crippen LogP contribution is 2.31. The number of nitrogens with zero attached hydrogens (tertiary/aromatic N) is 1. The van der Waals surface area contributed by atoms with Crippen molar-refractivity contribution in [3.05, 3.63) is 42.1 Å². The number of aromatic nitrogens is 1. The van der Waals surface area contributed by atoms with Crippen LogP contribution in [0, 0.1) is 6.92 Å². The number of morpholine rings is 1. The van der Waals surface area contributed by atoms with E-state index in [9.17, 15) is 4.79 Å². The number of hydrogen-bond donors (Lipinski definition) is 2. The Morgan fingerprint density at radius 2 is 2.04 bits per heavy atom.